The number of carbonyl (C=O) groups excluding carboxylic acids is 1. The summed E-state index contributed by atoms with van der Waals surface area (Å²) in [6.07, 6.45) is 1.43. The Morgan fingerprint density at radius 2 is 1.89 bits per heavy atom. The van der Waals surface area contributed by atoms with E-state index in [0.29, 0.717) is 51.4 Å². The summed E-state index contributed by atoms with van der Waals surface area (Å²) in [5.41, 5.74) is 5.90. The second-order valence-corrected chi connectivity index (χ2v) is 8.57. The molecule has 0 aliphatic carbocycles. The number of amides is 1. The number of carbonyl (C=O) groups is 1. The third-order valence-electron chi connectivity index (χ3n) is 5.03. The first kappa shape index (κ1) is 24.6. The van der Waals surface area contributed by atoms with Crippen molar-refractivity contribution in [3.8, 4) is 5.75 Å². The van der Waals surface area contributed by atoms with Crippen LogP contribution >= 0.6 is 12.4 Å². The average molecular weight is 436 g/mol. The lowest BCUT2D eigenvalue weighted by molar-refractivity contribution is 0.0730. The van der Waals surface area contributed by atoms with Crippen LogP contribution in [0.4, 0.5) is 0 Å². The molecule has 28 heavy (non-hydrogen) atoms. The molecular weight excluding hydrogens is 406 g/mol. The maximum Gasteiger partial charge on any atom is 0.255 e. The Labute approximate surface area is 173 Å². The zero-order valence-electron chi connectivity index (χ0n) is 16.6. The normalized spacial score (nSPS) is 15.6. The van der Waals surface area contributed by atoms with Gasteiger partial charge in [0.05, 0.1) is 30.8 Å². The molecule has 0 spiro atoms. The maximum atomic E-state index is 12.8. The smallest absolute Gasteiger partial charge is 0.255 e. The van der Waals surface area contributed by atoms with Crippen molar-refractivity contribution in [2.75, 3.05) is 40.0 Å². The van der Waals surface area contributed by atoms with Gasteiger partial charge in [0.1, 0.15) is 5.75 Å². The summed E-state index contributed by atoms with van der Waals surface area (Å²) in [5.74, 6) is -0.105. The van der Waals surface area contributed by atoms with Crippen LogP contribution in [0, 0.1) is 0 Å². The fourth-order valence-corrected chi connectivity index (χ4v) is 4.25. The molecule has 0 atom stereocenters. The first-order chi connectivity index (χ1) is 12.8. The van der Waals surface area contributed by atoms with Crippen molar-refractivity contribution >= 4 is 28.3 Å². The molecule has 1 aliphatic rings. The lowest BCUT2D eigenvalue weighted by atomic mass is 9.94. The van der Waals surface area contributed by atoms with E-state index in [1.165, 1.54) is 29.6 Å². The summed E-state index contributed by atoms with van der Waals surface area (Å²) in [6, 6.07) is 4.30. The van der Waals surface area contributed by atoms with Crippen molar-refractivity contribution in [2.45, 2.75) is 37.1 Å². The highest BCUT2D eigenvalue weighted by Crippen LogP contribution is 2.25. The van der Waals surface area contributed by atoms with Crippen molar-refractivity contribution in [1.29, 1.82) is 0 Å². The van der Waals surface area contributed by atoms with E-state index < -0.39 is 21.5 Å². The zero-order valence-corrected chi connectivity index (χ0v) is 18.2. The van der Waals surface area contributed by atoms with Crippen LogP contribution in [0.3, 0.4) is 0 Å². The highest BCUT2D eigenvalue weighted by molar-refractivity contribution is 7.89. The number of rotatable bonds is 8. The number of sulfonamides is 1. The van der Waals surface area contributed by atoms with Crippen LogP contribution in [-0.4, -0.2) is 64.1 Å². The Kier molecular flexibility index (Phi) is 9.16. The summed E-state index contributed by atoms with van der Waals surface area (Å²) in [6.45, 7) is 5.52. The number of nitrogens with two attached hydrogens (primary N) is 1. The van der Waals surface area contributed by atoms with Gasteiger partial charge in [-0.2, -0.15) is 4.31 Å². The predicted octanol–water partition coefficient (Wildman–Crippen LogP) is 1.39. The quantitative estimate of drug-likeness (QED) is 0.638. The van der Waals surface area contributed by atoms with Gasteiger partial charge >= 0.3 is 0 Å². The van der Waals surface area contributed by atoms with E-state index in [1.54, 1.807) is 0 Å². The fraction of sp³-hybridized carbons (Fsp3) is 0.611. The second kappa shape index (κ2) is 10.4. The van der Waals surface area contributed by atoms with Crippen LogP contribution in [0.2, 0.25) is 0 Å². The summed E-state index contributed by atoms with van der Waals surface area (Å²) in [4.78, 5) is 12.7. The van der Waals surface area contributed by atoms with E-state index >= 15 is 0 Å². The Morgan fingerprint density at radius 1 is 1.29 bits per heavy atom. The van der Waals surface area contributed by atoms with Crippen molar-refractivity contribution < 1.29 is 22.7 Å². The minimum absolute atomic E-state index is 0. The molecule has 1 aromatic rings. The van der Waals surface area contributed by atoms with Crippen LogP contribution < -0.4 is 15.8 Å². The highest BCUT2D eigenvalue weighted by Gasteiger charge is 2.28. The van der Waals surface area contributed by atoms with Gasteiger partial charge in [0.15, 0.2) is 0 Å². The minimum atomic E-state index is -3.70. The Bertz CT molecular complexity index is 762. The number of morpholine rings is 1. The molecule has 0 saturated carbocycles. The average Bonchev–Trinajstić information content (AvgIpc) is 2.71. The lowest BCUT2D eigenvalue weighted by Crippen LogP contribution is -2.49. The van der Waals surface area contributed by atoms with Gasteiger partial charge in [-0.05, 0) is 31.0 Å². The molecule has 0 unspecified atom stereocenters. The third-order valence-corrected chi connectivity index (χ3v) is 6.93. The summed E-state index contributed by atoms with van der Waals surface area (Å²) < 4.78 is 37.5. The number of halogens is 1. The fourth-order valence-electron chi connectivity index (χ4n) is 2.81. The van der Waals surface area contributed by atoms with Gasteiger partial charge in [0.25, 0.3) is 5.91 Å². The molecule has 0 bridgehead atoms. The second-order valence-electron chi connectivity index (χ2n) is 6.63. The largest absolute Gasteiger partial charge is 0.496 e. The molecule has 0 aromatic heterocycles. The topological polar surface area (TPSA) is 111 Å². The van der Waals surface area contributed by atoms with Gasteiger partial charge < -0.3 is 20.5 Å². The van der Waals surface area contributed by atoms with Crippen molar-refractivity contribution in [3.63, 3.8) is 0 Å². The van der Waals surface area contributed by atoms with Crippen LogP contribution in [0.15, 0.2) is 23.1 Å². The highest BCUT2D eigenvalue weighted by atomic mass is 35.5. The van der Waals surface area contributed by atoms with Gasteiger partial charge in [-0.25, -0.2) is 8.42 Å². The molecule has 1 aliphatic heterocycles. The maximum absolute atomic E-state index is 12.8. The molecule has 1 saturated heterocycles. The molecular formula is C18H30ClN3O5S. The van der Waals surface area contributed by atoms with Gasteiger partial charge in [-0.1, -0.05) is 13.8 Å². The predicted molar refractivity (Wildman–Crippen MR) is 110 cm³/mol. The van der Waals surface area contributed by atoms with Crippen LogP contribution in [0.5, 0.6) is 5.75 Å². The lowest BCUT2D eigenvalue weighted by Gasteiger charge is -2.27. The Morgan fingerprint density at radius 3 is 2.43 bits per heavy atom. The van der Waals surface area contributed by atoms with Crippen molar-refractivity contribution in [1.82, 2.24) is 9.62 Å². The van der Waals surface area contributed by atoms with Crippen LogP contribution in [-0.2, 0) is 14.8 Å². The Hall–Kier alpha value is -1.39. The van der Waals surface area contributed by atoms with E-state index in [4.69, 9.17) is 15.2 Å². The molecule has 1 heterocycles. The van der Waals surface area contributed by atoms with Gasteiger partial charge in [-0.15, -0.1) is 12.4 Å². The van der Waals surface area contributed by atoms with Crippen molar-refractivity contribution in [3.05, 3.63) is 23.8 Å². The van der Waals surface area contributed by atoms with E-state index in [2.05, 4.69) is 5.32 Å². The number of nitrogens with one attached hydrogen (secondary N) is 1. The Balaban J connectivity index is 0.00000392. The molecule has 1 amide bonds. The van der Waals surface area contributed by atoms with E-state index in [-0.39, 0.29) is 22.9 Å². The SMILES string of the molecule is CCC(N)(CC)CNC(=O)c1cc(S(=O)(=O)N2CCOCC2)ccc1OC.Cl. The standard InChI is InChI=1S/C18H29N3O5S.ClH/c1-4-18(19,5-2)13-20-17(22)15-12-14(6-7-16(15)25-3)27(23,24)21-8-10-26-11-9-21;/h6-7,12H,4-5,8-11,13,19H2,1-3H3,(H,20,22);1H. The summed E-state index contributed by atoms with van der Waals surface area (Å²) in [5, 5.41) is 2.80. The minimum Gasteiger partial charge on any atom is -0.496 e. The number of methoxy groups -OCH3 is 1. The molecule has 10 heteroatoms. The van der Waals surface area contributed by atoms with Crippen LogP contribution in [0.1, 0.15) is 37.0 Å². The van der Waals surface area contributed by atoms with E-state index in [0.717, 1.165) is 0 Å². The molecule has 0 radical (unpaired) electrons. The molecule has 1 fully saturated rings. The van der Waals surface area contributed by atoms with Gasteiger partial charge in [0, 0.05) is 25.2 Å². The van der Waals surface area contributed by atoms with Gasteiger partial charge in [-0.3, -0.25) is 4.79 Å². The number of hydrogen-bond donors (Lipinski definition) is 2. The summed E-state index contributed by atoms with van der Waals surface area (Å²) in [7, 11) is -2.26. The zero-order chi connectivity index (χ0) is 20.1. The molecule has 3 N–H and O–H groups in total. The van der Waals surface area contributed by atoms with E-state index in [9.17, 15) is 13.2 Å². The monoisotopic (exact) mass is 435 g/mol. The number of hydrogen-bond acceptors (Lipinski definition) is 6. The first-order valence-electron chi connectivity index (χ1n) is 9.10. The third kappa shape index (κ3) is 5.57. The van der Waals surface area contributed by atoms with Crippen molar-refractivity contribution in [2.24, 2.45) is 5.73 Å². The van der Waals surface area contributed by atoms with Crippen LogP contribution in [0.25, 0.3) is 0 Å². The first-order valence-corrected chi connectivity index (χ1v) is 10.5. The molecule has 8 nitrogen and oxygen atoms in total. The number of ether oxygens (including phenoxy) is 2. The van der Waals surface area contributed by atoms with Gasteiger partial charge in [0.2, 0.25) is 10.0 Å². The number of benzene rings is 1. The molecule has 1 aromatic carbocycles. The summed E-state index contributed by atoms with van der Waals surface area (Å²) >= 11 is 0. The van der Waals surface area contributed by atoms with E-state index in [1.807, 2.05) is 13.8 Å². The molecule has 2 rings (SSSR count). The molecule has 160 valence electrons. The number of nitrogens with zero attached hydrogens (tertiary/aromatic N) is 1.